The number of rotatable bonds is 3. The van der Waals surface area contributed by atoms with Crippen molar-refractivity contribution < 1.29 is 0 Å². The van der Waals surface area contributed by atoms with Crippen molar-refractivity contribution >= 4 is 0 Å². The molecule has 2 nitrogen and oxygen atoms in total. The van der Waals surface area contributed by atoms with E-state index in [9.17, 15) is 0 Å². The molecule has 1 saturated heterocycles. The van der Waals surface area contributed by atoms with Crippen LogP contribution in [0, 0.1) is 0 Å². The van der Waals surface area contributed by atoms with E-state index in [4.69, 9.17) is 5.73 Å². The highest BCUT2D eigenvalue weighted by Gasteiger charge is 2.21. The molecule has 0 bridgehead atoms. The molecule has 2 heteroatoms. The standard InChI is InChI=1S/C14H22N2/c1-16-10-6-5-9-13(16)11-14(15)12-7-3-2-4-8-12/h2-4,7-8,13-14H,5-6,9-11,15H2,1H3. The monoisotopic (exact) mass is 218 g/mol. The van der Waals surface area contributed by atoms with Crippen LogP contribution >= 0.6 is 0 Å². The second kappa shape index (κ2) is 5.46. The van der Waals surface area contributed by atoms with Crippen LogP contribution < -0.4 is 5.73 Å². The van der Waals surface area contributed by atoms with Crippen molar-refractivity contribution in [1.82, 2.24) is 4.90 Å². The molecular weight excluding hydrogens is 196 g/mol. The molecule has 16 heavy (non-hydrogen) atoms. The maximum Gasteiger partial charge on any atom is 0.0309 e. The zero-order chi connectivity index (χ0) is 11.4. The Morgan fingerprint density at radius 3 is 2.75 bits per heavy atom. The van der Waals surface area contributed by atoms with E-state index in [1.165, 1.54) is 31.4 Å². The van der Waals surface area contributed by atoms with Crippen LogP contribution in [0.5, 0.6) is 0 Å². The molecule has 0 saturated carbocycles. The van der Waals surface area contributed by atoms with Gasteiger partial charge in [0, 0.05) is 12.1 Å². The van der Waals surface area contributed by atoms with Crippen molar-refractivity contribution in [1.29, 1.82) is 0 Å². The summed E-state index contributed by atoms with van der Waals surface area (Å²) in [6.45, 7) is 1.23. The summed E-state index contributed by atoms with van der Waals surface area (Å²) in [6, 6.07) is 11.3. The molecule has 2 N–H and O–H groups in total. The van der Waals surface area contributed by atoms with E-state index in [2.05, 4.69) is 36.2 Å². The molecule has 1 aliphatic heterocycles. The third-order valence-corrected chi connectivity index (χ3v) is 3.68. The molecule has 88 valence electrons. The molecule has 1 aromatic carbocycles. The summed E-state index contributed by atoms with van der Waals surface area (Å²) in [5.41, 5.74) is 7.53. The minimum Gasteiger partial charge on any atom is -0.324 e. The largest absolute Gasteiger partial charge is 0.324 e. The zero-order valence-electron chi connectivity index (χ0n) is 10.1. The van der Waals surface area contributed by atoms with Crippen LogP contribution in [0.25, 0.3) is 0 Å². The third kappa shape index (κ3) is 2.83. The minimum absolute atomic E-state index is 0.187. The van der Waals surface area contributed by atoms with Crippen molar-refractivity contribution in [3.05, 3.63) is 35.9 Å². The van der Waals surface area contributed by atoms with Crippen molar-refractivity contribution in [3.8, 4) is 0 Å². The maximum absolute atomic E-state index is 6.26. The summed E-state index contributed by atoms with van der Waals surface area (Å²) in [7, 11) is 2.22. The molecule has 2 atom stereocenters. The quantitative estimate of drug-likeness (QED) is 0.845. The van der Waals surface area contributed by atoms with E-state index in [1.54, 1.807) is 0 Å². The Kier molecular flexibility index (Phi) is 3.97. The first kappa shape index (κ1) is 11.6. The highest BCUT2D eigenvalue weighted by Crippen LogP contribution is 2.24. The van der Waals surface area contributed by atoms with E-state index < -0.39 is 0 Å². The number of hydrogen-bond donors (Lipinski definition) is 1. The van der Waals surface area contributed by atoms with Gasteiger partial charge in [0.25, 0.3) is 0 Å². The van der Waals surface area contributed by atoms with Gasteiger partial charge in [-0.25, -0.2) is 0 Å². The van der Waals surface area contributed by atoms with Gasteiger partial charge in [0.1, 0.15) is 0 Å². The van der Waals surface area contributed by atoms with Crippen molar-refractivity contribution in [2.75, 3.05) is 13.6 Å². The molecule has 1 aromatic rings. The van der Waals surface area contributed by atoms with Crippen molar-refractivity contribution in [2.24, 2.45) is 5.73 Å². The number of nitrogens with zero attached hydrogens (tertiary/aromatic N) is 1. The minimum atomic E-state index is 0.187. The molecule has 2 rings (SSSR count). The number of benzene rings is 1. The Balaban J connectivity index is 1.94. The highest BCUT2D eigenvalue weighted by atomic mass is 15.1. The van der Waals surface area contributed by atoms with E-state index in [0.29, 0.717) is 6.04 Å². The smallest absolute Gasteiger partial charge is 0.0309 e. The predicted octanol–water partition coefficient (Wildman–Crippen LogP) is 2.56. The highest BCUT2D eigenvalue weighted by molar-refractivity contribution is 5.18. The molecule has 1 fully saturated rings. The molecule has 1 aliphatic rings. The van der Waals surface area contributed by atoms with Gasteiger partial charge < -0.3 is 10.6 Å². The fraction of sp³-hybridized carbons (Fsp3) is 0.571. The number of hydrogen-bond acceptors (Lipinski definition) is 2. The van der Waals surface area contributed by atoms with Crippen LogP contribution in [-0.2, 0) is 0 Å². The summed E-state index contributed by atoms with van der Waals surface area (Å²) in [4.78, 5) is 2.46. The molecular formula is C14H22N2. The van der Waals surface area contributed by atoms with Crippen molar-refractivity contribution in [2.45, 2.75) is 37.8 Å². The molecule has 0 aliphatic carbocycles. The second-order valence-corrected chi connectivity index (χ2v) is 4.88. The molecule has 0 spiro atoms. The molecule has 2 unspecified atom stereocenters. The Morgan fingerprint density at radius 2 is 2.06 bits per heavy atom. The van der Waals surface area contributed by atoms with Crippen LogP contribution in [0.3, 0.4) is 0 Å². The maximum atomic E-state index is 6.26. The SMILES string of the molecule is CN1CCCCC1CC(N)c1ccccc1. The topological polar surface area (TPSA) is 29.3 Å². The Labute approximate surface area is 98.4 Å². The number of likely N-dealkylation sites (tertiary alicyclic amines) is 1. The van der Waals surface area contributed by atoms with Gasteiger partial charge in [0.2, 0.25) is 0 Å². The lowest BCUT2D eigenvalue weighted by Gasteiger charge is -2.34. The Bertz CT molecular complexity index is 310. The summed E-state index contributed by atoms with van der Waals surface area (Å²) in [6.07, 6.45) is 5.08. The Morgan fingerprint density at radius 1 is 1.31 bits per heavy atom. The number of piperidine rings is 1. The normalized spacial score (nSPS) is 24.2. The third-order valence-electron chi connectivity index (χ3n) is 3.68. The van der Waals surface area contributed by atoms with Crippen LogP contribution in [0.2, 0.25) is 0 Å². The first-order valence-electron chi connectivity index (χ1n) is 6.28. The molecule has 0 radical (unpaired) electrons. The van der Waals surface area contributed by atoms with Gasteiger partial charge in [-0.3, -0.25) is 0 Å². The first-order chi connectivity index (χ1) is 7.77. The zero-order valence-corrected chi connectivity index (χ0v) is 10.1. The fourth-order valence-corrected chi connectivity index (χ4v) is 2.57. The van der Waals surface area contributed by atoms with Gasteiger partial charge in [0.15, 0.2) is 0 Å². The molecule has 0 amide bonds. The lowest BCUT2D eigenvalue weighted by atomic mass is 9.93. The van der Waals surface area contributed by atoms with Gasteiger partial charge in [-0.05, 0) is 38.4 Å². The van der Waals surface area contributed by atoms with Gasteiger partial charge in [-0.2, -0.15) is 0 Å². The van der Waals surface area contributed by atoms with Crippen LogP contribution in [0.1, 0.15) is 37.3 Å². The van der Waals surface area contributed by atoms with Gasteiger partial charge in [-0.1, -0.05) is 36.8 Å². The Hall–Kier alpha value is -0.860. The summed E-state index contributed by atoms with van der Waals surface area (Å²) in [5, 5.41) is 0. The van der Waals surface area contributed by atoms with Crippen LogP contribution in [-0.4, -0.2) is 24.5 Å². The number of nitrogens with two attached hydrogens (primary N) is 1. The van der Waals surface area contributed by atoms with E-state index in [0.717, 1.165) is 6.42 Å². The predicted molar refractivity (Wildman–Crippen MR) is 68.3 cm³/mol. The lowest BCUT2D eigenvalue weighted by Crippen LogP contribution is -2.38. The summed E-state index contributed by atoms with van der Waals surface area (Å²) >= 11 is 0. The first-order valence-corrected chi connectivity index (χ1v) is 6.28. The van der Waals surface area contributed by atoms with E-state index >= 15 is 0 Å². The fourth-order valence-electron chi connectivity index (χ4n) is 2.57. The van der Waals surface area contributed by atoms with Gasteiger partial charge in [-0.15, -0.1) is 0 Å². The van der Waals surface area contributed by atoms with Crippen LogP contribution in [0.15, 0.2) is 30.3 Å². The average molecular weight is 218 g/mol. The summed E-state index contributed by atoms with van der Waals surface area (Å²) < 4.78 is 0. The van der Waals surface area contributed by atoms with Crippen molar-refractivity contribution in [3.63, 3.8) is 0 Å². The van der Waals surface area contributed by atoms with Gasteiger partial charge in [0.05, 0.1) is 0 Å². The van der Waals surface area contributed by atoms with Crippen LogP contribution in [0.4, 0.5) is 0 Å². The average Bonchev–Trinajstić information content (AvgIpc) is 2.33. The van der Waals surface area contributed by atoms with Gasteiger partial charge >= 0.3 is 0 Å². The second-order valence-electron chi connectivity index (χ2n) is 4.88. The van der Waals surface area contributed by atoms with E-state index in [1.807, 2.05) is 6.07 Å². The molecule has 1 heterocycles. The lowest BCUT2D eigenvalue weighted by molar-refractivity contribution is 0.168. The summed E-state index contributed by atoms with van der Waals surface area (Å²) in [5.74, 6) is 0. The van der Waals surface area contributed by atoms with E-state index in [-0.39, 0.29) is 6.04 Å². The molecule has 0 aromatic heterocycles.